The fourth-order valence-corrected chi connectivity index (χ4v) is 2.51. The highest BCUT2D eigenvalue weighted by Gasteiger charge is 2.18. The Labute approximate surface area is 94.3 Å². The maximum Gasteiger partial charge on any atom is 0.0621 e. The Kier molecular flexibility index (Phi) is 6.43. The van der Waals surface area contributed by atoms with Crippen LogP contribution in [0, 0.1) is 11.3 Å². The van der Waals surface area contributed by atoms with E-state index in [1.807, 2.05) is 0 Å². The standard InChI is InChI=1S/C13H24N2/c1-2-13-9-5-3-7-11-15(13)12-8-4-6-10-14/h13H,2-9,11-12H2,1H3/t13-/m0/s1. The molecule has 1 rings (SSSR count). The summed E-state index contributed by atoms with van der Waals surface area (Å²) in [4.78, 5) is 2.66. The number of nitriles is 1. The Morgan fingerprint density at radius 3 is 2.87 bits per heavy atom. The minimum Gasteiger partial charge on any atom is -0.300 e. The minimum atomic E-state index is 0.727. The van der Waals surface area contributed by atoms with Crippen molar-refractivity contribution in [1.29, 1.82) is 5.26 Å². The van der Waals surface area contributed by atoms with Crippen LogP contribution in [-0.4, -0.2) is 24.0 Å². The van der Waals surface area contributed by atoms with Crippen LogP contribution in [-0.2, 0) is 0 Å². The number of nitrogens with zero attached hydrogens (tertiary/aromatic N) is 2. The number of hydrogen-bond acceptors (Lipinski definition) is 2. The molecule has 1 fully saturated rings. The molecular weight excluding hydrogens is 184 g/mol. The van der Waals surface area contributed by atoms with Crippen molar-refractivity contribution in [3.05, 3.63) is 0 Å². The number of unbranched alkanes of at least 4 members (excludes halogenated alkanes) is 2. The lowest BCUT2D eigenvalue weighted by Gasteiger charge is -2.28. The molecular formula is C13H24N2. The predicted octanol–water partition coefficient (Wildman–Crippen LogP) is 3.33. The molecule has 0 aromatic rings. The second-order valence-corrected chi connectivity index (χ2v) is 4.56. The van der Waals surface area contributed by atoms with E-state index in [0.717, 1.165) is 18.9 Å². The quantitative estimate of drug-likeness (QED) is 0.648. The number of likely N-dealkylation sites (tertiary alicyclic amines) is 1. The number of rotatable bonds is 5. The Balaban J connectivity index is 2.25. The number of hydrogen-bond donors (Lipinski definition) is 0. The topological polar surface area (TPSA) is 27.0 Å². The lowest BCUT2D eigenvalue weighted by molar-refractivity contribution is 0.191. The summed E-state index contributed by atoms with van der Waals surface area (Å²) >= 11 is 0. The van der Waals surface area contributed by atoms with Crippen LogP contribution in [0.25, 0.3) is 0 Å². The second kappa shape index (κ2) is 7.70. The lowest BCUT2D eigenvalue weighted by Crippen LogP contribution is -2.35. The maximum absolute atomic E-state index is 8.48. The van der Waals surface area contributed by atoms with Gasteiger partial charge in [-0.2, -0.15) is 5.26 Å². The van der Waals surface area contributed by atoms with E-state index in [1.165, 1.54) is 51.6 Å². The molecule has 0 unspecified atom stereocenters. The molecule has 0 spiro atoms. The molecule has 0 saturated carbocycles. The van der Waals surface area contributed by atoms with E-state index in [2.05, 4.69) is 17.9 Å². The molecule has 0 aliphatic carbocycles. The molecule has 1 aliphatic heterocycles. The van der Waals surface area contributed by atoms with Crippen LogP contribution in [0.5, 0.6) is 0 Å². The fraction of sp³-hybridized carbons (Fsp3) is 0.923. The van der Waals surface area contributed by atoms with Crippen LogP contribution < -0.4 is 0 Å². The molecule has 15 heavy (non-hydrogen) atoms. The van der Waals surface area contributed by atoms with E-state index in [4.69, 9.17) is 5.26 Å². The normalized spacial score (nSPS) is 23.3. The summed E-state index contributed by atoms with van der Waals surface area (Å²) in [6, 6.07) is 3.04. The third-order valence-corrected chi connectivity index (χ3v) is 3.45. The molecule has 2 heteroatoms. The molecule has 2 nitrogen and oxygen atoms in total. The summed E-state index contributed by atoms with van der Waals surface area (Å²) < 4.78 is 0. The van der Waals surface area contributed by atoms with Gasteiger partial charge < -0.3 is 4.90 Å². The van der Waals surface area contributed by atoms with E-state index in [0.29, 0.717) is 0 Å². The lowest BCUT2D eigenvalue weighted by atomic mass is 10.1. The van der Waals surface area contributed by atoms with Gasteiger partial charge in [0, 0.05) is 12.5 Å². The van der Waals surface area contributed by atoms with Crippen molar-refractivity contribution < 1.29 is 0 Å². The van der Waals surface area contributed by atoms with E-state index < -0.39 is 0 Å². The molecule has 1 saturated heterocycles. The SMILES string of the molecule is CC[C@H]1CCCCCN1CCCCC#N. The Bertz CT molecular complexity index is 195. The average molecular weight is 208 g/mol. The summed E-state index contributed by atoms with van der Waals surface area (Å²) in [5, 5.41) is 8.48. The van der Waals surface area contributed by atoms with Crippen molar-refractivity contribution in [2.24, 2.45) is 0 Å². The first-order chi connectivity index (χ1) is 7.38. The molecule has 86 valence electrons. The molecule has 0 radical (unpaired) electrons. The zero-order valence-corrected chi connectivity index (χ0v) is 10.0. The summed E-state index contributed by atoms with van der Waals surface area (Å²) in [5.41, 5.74) is 0. The first-order valence-electron chi connectivity index (χ1n) is 6.49. The van der Waals surface area contributed by atoms with Crippen molar-refractivity contribution in [1.82, 2.24) is 4.90 Å². The molecule has 1 atom stereocenters. The predicted molar refractivity (Wildman–Crippen MR) is 63.6 cm³/mol. The van der Waals surface area contributed by atoms with Crippen LogP contribution in [0.4, 0.5) is 0 Å². The van der Waals surface area contributed by atoms with E-state index in [9.17, 15) is 0 Å². The largest absolute Gasteiger partial charge is 0.300 e. The summed E-state index contributed by atoms with van der Waals surface area (Å²) in [6.45, 7) is 4.80. The molecule has 1 aliphatic rings. The van der Waals surface area contributed by atoms with Gasteiger partial charge in [0.2, 0.25) is 0 Å². The average Bonchev–Trinajstić information content (AvgIpc) is 2.49. The summed E-state index contributed by atoms with van der Waals surface area (Å²) in [5.74, 6) is 0. The van der Waals surface area contributed by atoms with E-state index >= 15 is 0 Å². The van der Waals surface area contributed by atoms with Crippen LogP contribution in [0.1, 0.15) is 58.3 Å². The first-order valence-corrected chi connectivity index (χ1v) is 6.49. The molecule has 0 aromatic carbocycles. The van der Waals surface area contributed by atoms with Crippen molar-refractivity contribution in [3.63, 3.8) is 0 Å². The van der Waals surface area contributed by atoms with Crippen molar-refractivity contribution >= 4 is 0 Å². The zero-order valence-electron chi connectivity index (χ0n) is 10.0. The van der Waals surface area contributed by atoms with Gasteiger partial charge in [-0.25, -0.2) is 0 Å². The van der Waals surface area contributed by atoms with Gasteiger partial charge in [0.05, 0.1) is 6.07 Å². The molecule has 0 N–H and O–H groups in total. The van der Waals surface area contributed by atoms with Crippen LogP contribution in [0.15, 0.2) is 0 Å². The van der Waals surface area contributed by atoms with Gasteiger partial charge in [-0.05, 0) is 45.2 Å². The first kappa shape index (κ1) is 12.5. The Morgan fingerprint density at radius 2 is 2.13 bits per heavy atom. The van der Waals surface area contributed by atoms with Gasteiger partial charge in [0.25, 0.3) is 0 Å². The Morgan fingerprint density at radius 1 is 1.27 bits per heavy atom. The molecule has 0 bridgehead atoms. The van der Waals surface area contributed by atoms with Gasteiger partial charge in [-0.1, -0.05) is 19.8 Å². The Hall–Kier alpha value is -0.550. The highest BCUT2D eigenvalue weighted by Crippen LogP contribution is 2.19. The summed E-state index contributed by atoms with van der Waals surface area (Å²) in [6.07, 6.45) is 9.86. The zero-order chi connectivity index (χ0) is 10.9. The molecule has 0 aromatic heterocycles. The van der Waals surface area contributed by atoms with Crippen LogP contribution in [0.2, 0.25) is 0 Å². The van der Waals surface area contributed by atoms with Gasteiger partial charge in [-0.15, -0.1) is 0 Å². The smallest absolute Gasteiger partial charge is 0.0621 e. The highest BCUT2D eigenvalue weighted by atomic mass is 15.1. The third-order valence-electron chi connectivity index (χ3n) is 3.45. The third kappa shape index (κ3) is 4.66. The fourth-order valence-electron chi connectivity index (χ4n) is 2.51. The van der Waals surface area contributed by atoms with Gasteiger partial charge in [-0.3, -0.25) is 0 Å². The van der Waals surface area contributed by atoms with Crippen molar-refractivity contribution in [3.8, 4) is 6.07 Å². The van der Waals surface area contributed by atoms with E-state index in [1.54, 1.807) is 0 Å². The van der Waals surface area contributed by atoms with Crippen molar-refractivity contribution in [2.45, 2.75) is 64.3 Å². The van der Waals surface area contributed by atoms with Gasteiger partial charge >= 0.3 is 0 Å². The van der Waals surface area contributed by atoms with Crippen LogP contribution >= 0.6 is 0 Å². The van der Waals surface area contributed by atoms with Crippen molar-refractivity contribution in [2.75, 3.05) is 13.1 Å². The molecule has 1 heterocycles. The van der Waals surface area contributed by atoms with Gasteiger partial charge in [0.1, 0.15) is 0 Å². The monoisotopic (exact) mass is 208 g/mol. The summed E-state index contributed by atoms with van der Waals surface area (Å²) in [7, 11) is 0. The second-order valence-electron chi connectivity index (χ2n) is 4.56. The highest BCUT2D eigenvalue weighted by molar-refractivity contribution is 4.75. The van der Waals surface area contributed by atoms with Gasteiger partial charge in [0.15, 0.2) is 0 Å². The maximum atomic E-state index is 8.48. The van der Waals surface area contributed by atoms with E-state index in [-0.39, 0.29) is 0 Å². The van der Waals surface area contributed by atoms with Crippen LogP contribution in [0.3, 0.4) is 0 Å². The minimum absolute atomic E-state index is 0.727. The molecule has 0 amide bonds.